The molecule has 0 heterocycles. The maximum atomic E-state index is 11.2. The van der Waals surface area contributed by atoms with Crippen molar-refractivity contribution in [1.29, 1.82) is 0 Å². The van der Waals surface area contributed by atoms with Crippen LogP contribution in [0.5, 0.6) is 0 Å². The van der Waals surface area contributed by atoms with E-state index in [-0.39, 0.29) is 0 Å². The summed E-state index contributed by atoms with van der Waals surface area (Å²) in [7, 11) is 3.25. The van der Waals surface area contributed by atoms with E-state index in [1.807, 2.05) is 0 Å². The summed E-state index contributed by atoms with van der Waals surface area (Å²) in [6.45, 7) is 6.87. The van der Waals surface area contributed by atoms with Crippen molar-refractivity contribution >= 4 is 11.6 Å². The van der Waals surface area contributed by atoms with E-state index in [2.05, 4.69) is 0 Å². The highest BCUT2D eigenvalue weighted by Crippen LogP contribution is 2.45. The van der Waals surface area contributed by atoms with Crippen LogP contribution in [0.2, 0.25) is 5.02 Å². The molecule has 0 amide bonds. The fraction of sp³-hybridized carbons (Fsp3) is 0.625. The van der Waals surface area contributed by atoms with Crippen LogP contribution in [-0.2, 0) is 5.41 Å². The first-order valence-electron chi connectivity index (χ1n) is 6.99. The van der Waals surface area contributed by atoms with Crippen molar-refractivity contribution in [1.82, 2.24) is 4.90 Å². The van der Waals surface area contributed by atoms with E-state index in [0.29, 0.717) is 5.02 Å². The largest absolute Gasteiger partial charge is 0.370 e. The van der Waals surface area contributed by atoms with Gasteiger partial charge in [0.1, 0.15) is 0 Å². The fourth-order valence-corrected chi connectivity index (χ4v) is 2.94. The molecular weight excluding hydrogens is 290 g/mol. The van der Waals surface area contributed by atoms with E-state index in [1.54, 1.807) is 66.1 Å². The van der Waals surface area contributed by atoms with Gasteiger partial charge in [0.05, 0.1) is 0 Å². The molecule has 0 saturated carbocycles. The van der Waals surface area contributed by atoms with Crippen LogP contribution in [0, 0.1) is 5.92 Å². The van der Waals surface area contributed by atoms with E-state index in [1.165, 1.54) is 4.90 Å². The Morgan fingerprint density at radius 3 is 1.76 bits per heavy atom. The first kappa shape index (κ1) is 18.4. The zero-order chi connectivity index (χ0) is 16.6. The molecule has 5 heteroatoms. The molecule has 0 spiro atoms. The van der Waals surface area contributed by atoms with Gasteiger partial charge in [-0.1, -0.05) is 51.4 Å². The summed E-state index contributed by atoms with van der Waals surface area (Å²) in [5.41, 5.74) is -2.08. The van der Waals surface area contributed by atoms with Gasteiger partial charge in [-0.2, -0.15) is 0 Å². The molecule has 1 unspecified atom stereocenters. The van der Waals surface area contributed by atoms with Crippen LogP contribution < -0.4 is 0 Å². The van der Waals surface area contributed by atoms with E-state index < -0.39 is 22.8 Å². The second-order valence-corrected chi connectivity index (χ2v) is 7.02. The molecule has 0 radical (unpaired) electrons. The van der Waals surface area contributed by atoms with Gasteiger partial charge >= 0.3 is 0 Å². The Morgan fingerprint density at radius 1 is 1.00 bits per heavy atom. The Kier molecular flexibility index (Phi) is 5.13. The van der Waals surface area contributed by atoms with E-state index in [4.69, 9.17) is 11.6 Å². The molecule has 120 valence electrons. The van der Waals surface area contributed by atoms with E-state index in [9.17, 15) is 15.3 Å². The monoisotopic (exact) mass is 315 g/mol. The van der Waals surface area contributed by atoms with E-state index in [0.717, 1.165) is 5.56 Å². The normalized spacial score (nSPS) is 16.4. The molecule has 1 atom stereocenters. The number of rotatable bonds is 5. The average Bonchev–Trinajstić information content (AvgIpc) is 2.37. The van der Waals surface area contributed by atoms with Gasteiger partial charge in [-0.3, -0.25) is 4.90 Å². The fourth-order valence-electron chi connectivity index (χ4n) is 2.82. The zero-order valence-electron chi connectivity index (χ0n) is 13.6. The predicted molar refractivity (Wildman–Crippen MR) is 85.1 cm³/mol. The summed E-state index contributed by atoms with van der Waals surface area (Å²) in [4.78, 5) is 1.45. The lowest BCUT2D eigenvalue weighted by molar-refractivity contribution is -0.357. The van der Waals surface area contributed by atoms with Gasteiger partial charge in [-0.25, -0.2) is 0 Å². The number of halogens is 1. The molecule has 1 aromatic carbocycles. The molecule has 0 aliphatic carbocycles. The molecule has 0 aromatic heterocycles. The van der Waals surface area contributed by atoms with Crippen molar-refractivity contribution in [3.8, 4) is 0 Å². The Balaban J connectivity index is 3.49. The average molecular weight is 316 g/mol. The Hall–Kier alpha value is -0.650. The SMILES string of the molecule is CC(C)C(O)(O)C(O)(N(C)C)C(C)(C)c1ccc(Cl)cc1. The lowest BCUT2D eigenvalue weighted by Gasteiger charge is -2.54. The smallest absolute Gasteiger partial charge is 0.210 e. The van der Waals surface area contributed by atoms with Gasteiger partial charge in [0, 0.05) is 16.4 Å². The van der Waals surface area contributed by atoms with Crippen LogP contribution in [0.1, 0.15) is 33.3 Å². The third-order valence-electron chi connectivity index (χ3n) is 4.40. The second-order valence-electron chi connectivity index (χ2n) is 6.58. The minimum atomic E-state index is -2.29. The minimum Gasteiger partial charge on any atom is -0.370 e. The Labute approximate surface area is 132 Å². The molecule has 3 N–H and O–H groups in total. The summed E-state index contributed by atoms with van der Waals surface area (Å²) in [6, 6.07) is 7.02. The summed E-state index contributed by atoms with van der Waals surface area (Å²) in [5, 5.41) is 33.0. The lowest BCUT2D eigenvalue weighted by Crippen LogP contribution is -2.72. The summed E-state index contributed by atoms with van der Waals surface area (Å²) >= 11 is 5.91. The summed E-state index contributed by atoms with van der Waals surface area (Å²) < 4.78 is 0. The molecule has 0 saturated heterocycles. The number of aliphatic hydroxyl groups is 3. The third-order valence-corrected chi connectivity index (χ3v) is 4.65. The highest BCUT2D eigenvalue weighted by molar-refractivity contribution is 6.30. The Bertz CT molecular complexity index is 483. The van der Waals surface area contributed by atoms with Crippen LogP contribution in [0.3, 0.4) is 0 Å². The van der Waals surface area contributed by atoms with Gasteiger partial charge in [-0.05, 0) is 31.8 Å². The summed E-state index contributed by atoms with van der Waals surface area (Å²) in [5.74, 6) is -2.85. The minimum absolute atomic E-state index is 0.559. The van der Waals surface area contributed by atoms with Gasteiger partial charge in [0.2, 0.25) is 5.79 Å². The number of hydrogen-bond donors (Lipinski definition) is 3. The lowest BCUT2D eigenvalue weighted by atomic mass is 9.68. The van der Waals surface area contributed by atoms with Crippen molar-refractivity contribution in [2.45, 2.75) is 44.6 Å². The van der Waals surface area contributed by atoms with Crippen LogP contribution >= 0.6 is 11.6 Å². The van der Waals surface area contributed by atoms with Crippen molar-refractivity contribution < 1.29 is 15.3 Å². The highest BCUT2D eigenvalue weighted by atomic mass is 35.5. The number of likely N-dealkylation sites (N-methyl/N-ethyl adjacent to an activating group) is 1. The molecule has 21 heavy (non-hydrogen) atoms. The second kappa shape index (κ2) is 5.86. The van der Waals surface area contributed by atoms with Crippen molar-refractivity contribution in [2.24, 2.45) is 5.92 Å². The third kappa shape index (κ3) is 2.83. The van der Waals surface area contributed by atoms with E-state index >= 15 is 0 Å². The Morgan fingerprint density at radius 2 is 1.43 bits per heavy atom. The molecule has 0 bridgehead atoms. The quantitative estimate of drug-likeness (QED) is 0.729. The first-order chi connectivity index (χ1) is 9.39. The van der Waals surface area contributed by atoms with Crippen molar-refractivity contribution in [3.05, 3.63) is 34.9 Å². The first-order valence-corrected chi connectivity index (χ1v) is 7.37. The standard InChI is InChI=1S/C16H26ClNO3/c1-11(2)15(19,20)16(21,18(5)6)14(3,4)12-7-9-13(17)10-8-12/h7-11,19-21H,1-6H3. The molecule has 4 nitrogen and oxygen atoms in total. The number of nitrogens with zero attached hydrogens (tertiary/aromatic N) is 1. The predicted octanol–water partition coefficient (Wildman–Crippen LogP) is 2.20. The highest BCUT2D eigenvalue weighted by Gasteiger charge is 2.61. The molecule has 0 aliphatic rings. The van der Waals surface area contributed by atoms with Crippen LogP contribution in [0.25, 0.3) is 0 Å². The van der Waals surface area contributed by atoms with Crippen LogP contribution in [0.4, 0.5) is 0 Å². The molecule has 0 aliphatic heterocycles. The van der Waals surface area contributed by atoms with Gasteiger partial charge < -0.3 is 15.3 Å². The molecular formula is C16H26ClNO3. The molecule has 0 fully saturated rings. The van der Waals surface area contributed by atoms with Crippen LogP contribution in [0.15, 0.2) is 24.3 Å². The number of benzene rings is 1. The molecule has 1 rings (SSSR count). The topological polar surface area (TPSA) is 63.9 Å². The maximum Gasteiger partial charge on any atom is 0.210 e. The van der Waals surface area contributed by atoms with Gasteiger partial charge in [0.25, 0.3) is 0 Å². The van der Waals surface area contributed by atoms with Crippen molar-refractivity contribution in [3.63, 3.8) is 0 Å². The molecule has 1 aromatic rings. The number of hydrogen-bond acceptors (Lipinski definition) is 4. The summed E-state index contributed by atoms with van der Waals surface area (Å²) in [6.07, 6.45) is 0. The van der Waals surface area contributed by atoms with Crippen LogP contribution in [-0.4, -0.2) is 45.8 Å². The van der Waals surface area contributed by atoms with Gasteiger partial charge in [-0.15, -0.1) is 0 Å². The van der Waals surface area contributed by atoms with Crippen molar-refractivity contribution in [2.75, 3.05) is 14.1 Å². The van der Waals surface area contributed by atoms with Gasteiger partial charge in [0.15, 0.2) is 5.72 Å². The maximum absolute atomic E-state index is 11.2. The zero-order valence-corrected chi connectivity index (χ0v) is 14.3.